The lowest BCUT2D eigenvalue weighted by Crippen LogP contribution is -2.30. The molecule has 0 spiro atoms. The Morgan fingerprint density at radius 3 is 2.60 bits per heavy atom. The molecule has 0 saturated heterocycles. The van der Waals surface area contributed by atoms with Crippen LogP contribution in [0.15, 0.2) is 18.2 Å². The molecule has 1 N–H and O–H groups in total. The average Bonchev–Trinajstić information content (AvgIpc) is 2.42. The number of halogens is 2. The topological polar surface area (TPSA) is 39.7 Å². The van der Waals surface area contributed by atoms with Crippen molar-refractivity contribution in [3.8, 4) is 11.5 Å². The van der Waals surface area contributed by atoms with Crippen LogP contribution in [0.2, 0.25) is 0 Å². The third-order valence-corrected chi connectivity index (χ3v) is 2.67. The molecule has 0 radical (unpaired) electrons. The van der Waals surface area contributed by atoms with E-state index in [2.05, 4.69) is 10.1 Å². The second-order valence-electron chi connectivity index (χ2n) is 4.31. The van der Waals surface area contributed by atoms with Crippen molar-refractivity contribution in [3.05, 3.63) is 23.8 Å². The Labute approximate surface area is 118 Å². The Kier molecular flexibility index (Phi) is 7.25. The molecular formula is C14H21F2NO3. The van der Waals surface area contributed by atoms with Crippen LogP contribution in [0, 0.1) is 0 Å². The first kappa shape index (κ1) is 16.7. The van der Waals surface area contributed by atoms with Gasteiger partial charge >= 0.3 is 6.61 Å². The number of hydrogen-bond donors (Lipinski definition) is 1. The zero-order chi connectivity index (χ0) is 15.0. The van der Waals surface area contributed by atoms with Crippen LogP contribution >= 0.6 is 0 Å². The summed E-state index contributed by atoms with van der Waals surface area (Å²) >= 11 is 0. The fraction of sp³-hybridized carbons (Fsp3) is 0.571. The molecule has 0 heterocycles. The molecule has 6 heteroatoms. The van der Waals surface area contributed by atoms with Crippen molar-refractivity contribution in [2.45, 2.75) is 33.0 Å². The highest BCUT2D eigenvalue weighted by Crippen LogP contribution is 2.29. The molecule has 0 aliphatic rings. The van der Waals surface area contributed by atoms with E-state index in [1.807, 2.05) is 13.8 Å². The lowest BCUT2D eigenvalue weighted by Gasteiger charge is -2.15. The Morgan fingerprint density at radius 1 is 1.25 bits per heavy atom. The van der Waals surface area contributed by atoms with Gasteiger partial charge in [-0.15, -0.1) is 0 Å². The Morgan fingerprint density at radius 2 is 2.00 bits per heavy atom. The number of benzene rings is 1. The average molecular weight is 289 g/mol. The summed E-state index contributed by atoms with van der Waals surface area (Å²) in [7, 11) is 1.41. The van der Waals surface area contributed by atoms with Gasteiger partial charge in [0.1, 0.15) is 0 Å². The van der Waals surface area contributed by atoms with E-state index in [9.17, 15) is 8.78 Å². The highest BCUT2D eigenvalue weighted by molar-refractivity contribution is 5.42. The van der Waals surface area contributed by atoms with Crippen LogP contribution in [-0.4, -0.2) is 33.0 Å². The van der Waals surface area contributed by atoms with E-state index in [1.54, 1.807) is 18.2 Å². The molecular weight excluding hydrogens is 268 g/mol. The number of nitrogens with one attached hydrogen (secondary N) is 1. The van der Waals surface area contributed by atoms with E-state index in [0.29, 0.717) is 19.8 Å². The van der Waals surface area contributed by atoms with Crippen LogP contribution in [-0.2, 0) is 11.3 Å². The van der Waals surface area contributed by atoms with E-state index >= 15 is 0 Å². The van der Waals surface area contributed by atoms with Gasteiger partial charge in [0.05, 0.1) is 13.7 Å². The Hall–Kier alpha value is -1.40. The van der Waals surface area contributed by atoms with Gasteiger partial charge in [0.15, 0.2) is 11.5 Å². The number of rotatable bonds is 9. The molecule has 4 nitrogen and oxygen atoms in total. The van der Waals surface area contributed by atoms with Crippen molar-refractivity contribution in [2.24, 2.45) is 0 Å². The zero-order valence-electron chi connectivity index (χ0n) is 12.0. The summed E-state index contributed by atoms with van der Waals surface area (Å²) < 4.78 is 39.3. The van der Waals surface area contributed by atoms with E-state index in [1.165, 1.54) is 7.11 Å². The first-order valence-electron chi connectivity index (χ1n) is 6.49. The zero-order valence-corrected chi connectivity index (χ0v) is 12.0. The van der Waals surface area contributed by atoms with Crippen molar-refractivity contribution in [1.29, 1.82) is 0 Å². The second-order valence-corrected chi connectivity index (χ2v) is 4.31. The molecule has 0 aromatic heterocycles. The van der Waals surface area contributed by atoms with Crippen LogP contribution in [0.3, 0.4) is 0 Å². The van der Waals surface area contributed by atoms with Crippen LogP contribution in [0.5, 0.6) is 11.5 Å². The Balaban J connectivity index is 2.62. The minimum atomic E-state index is -2.87. The minimum Gasteiger partial charge on any atom is -0.493 e. The number of methoxy groups -OCH3 is 1. The normalized spacial score (nSPS) is 12.5. The van der Waals surface area contributed by atoms with Gasteiger partial charge in [0, 0.05) is 19.2 Å². The first-order chi connectivity index (χ1) is 9.56. The number of hydrogen-bond acceptors (Lipinski definition) is 4. The summed E-state index contributed by atoms with van der Waals surface area (Å²) in [4.78, 5) is 0. The van der Waals surface area contributed by atoms with Gasteiger partial charge in [-0.3, -0.25) is 0 Å². The van der Waals surface area contributed by atoms with Crippen molar-refractivity contribution in [2.75, 3.05) is 20.3 Å². The fourth-order valence-corrected chi connectivity index (χ4v) is 1.66. The van der Waals surface area contributed by atoms with E-state index < -0.39 is 6.61 Å². The van der Waals surface area contributed by atoms with Gasteiger partial charge in [-0.25, -0.2) is 0 Å². The van der Waals surface area contributed by atoms with Gasteiger partial charge in [-0.1, -0.05) is 6.07 Å². The molecule has 0 fully saturated rings. The molecule has 1 rings (SSSR count). The van der Waals surface area contributed by atoms with Crippen molar-refractivity contribution >= 4 is 0 Å². The molecule has 0 aliphatic heterocycles. The summed E-state index contributed by atoms with van der Waals surface area (Å²) in [5.74, 6) is 0.329. The number of ether oxygens (including phenoxy) is 3. The van der Waals surface area contributed by atoms with Crippen LogP contribution in [0.4, 0.5) is 8.78 Å². The summed E-state index contributed by atoms with van der Waals surface area (Å²) in [6.07, 6.45) is 0. The third-order valence-electron chi connectivity index (χ3n) is 2.67. The van der Waals surface area contributed by atoms with Crippen LogP contribution in [0.25, 0.3) is 0 Å². The maximum absolute atomic E-state index is 12.3. The van der Waals surface area contributed by atoms with E-state index in [4.69, 9.17) is 9.47 Å². The lowest BCUT2D eigenvalue weighted by molar-refractivity contribution is -0.0512. The van der Waals surface area contributed by atoms with Crippen LogP contribution < -0.4 is 14.8 Å². The summed E-state index contributed by atoms with van der Waals surface area (Å²) in [6.45, 7) is 2.87. The molecule has 0 amide bonds. The predicted molar refractivity (Wildman–Crippen MR) is 72.4 cm³/mol. The summed E-state index contributed by atoms with van der Waals surface area (Å²) in [5, 5.41) is 3.24. The molecule has 1 aromatic carbocycles. The molecule has 1 atom stereocenters. The lowest BCUT2D eigenvalue weighted by atomic mass is 10.2. The quantitative estimate of drug-likeness (QED) is 0.759. The van der Waals surface area contributed by atoms with Gasteiger partial charge in [0.2, 0.25) is 0 Å². The highest BCUT2D eigenvalue weighted by Gasteiger charge is 2.11. The van der Waals surface area contributed by atoms with Gasteiger partial charge in [0.25, 0.3) is 0 Å². The van der Waals surface area contributed by atoms with Gasteiger partial charge in [-0.2, -0.15) is 8.78 Å². The smallest absolute Gasteiger partial charge is 0.387 e. The minimum absolute atomic E-state index is 0.0410. The molecule has 0 aliphatic carbocycles. The SMILES string of the molecule is CCOCC(C)NCc1ccc(OC)c(OC(F)F)c1. The van der Waals surface area contributed by atoms with Gasteiger partial charge < -0.3 is 19.5 Å². The van der Waals surface area contributed by atoms with Crippen LogP contribution in [0.1, 0.15) is 19.4 Å². The monoisotopic (exact) mass is 289 g/mol. The predicted octanol–water partition coefficient (Wildman–Crippen LogP) is 2.81. The molecule has 0 bridgehead atoms. The number of alkyl halides is 2. The molecule has 1 unspecified atom stereocenters. The van der Waals surface area contributed by atoms with Gasteiger partial charge in [-0.05, 0) is 31.5 Å². The second kappa shape index (κ2) is 8.71. The van der Waals surface area contributed by atoms with E-state index in [0.717, 1.165) is 5.56 Å². The Bertz CT molecular complexity index is 402. The van der Waals surface area contributed by atoms with E-state index in [-0.39, 0.29) is 17.5 Å². The van der Waals surface area contributed by atoms with Crippen molar-refractivity contribution < 1.29 is 23.0 Å². The third kappa shape index (κ3) is 5.71. The molecule has 0 saturated carbocycles. The maximum atomic E-state index is 12.3. The molecule has 1 aromatic rings. The maximum Gasteiger partial charge on any atom is 0.387 e. The van der Waals surface area contributed by atoms with Crippen molar-refractivity contribution in [1.82, 2.24) is 5.32 Å². The fourth-order valence-electron chi connectivity index (χ4n) is 1.66. The molecule has 114 valence electrons. The highest BCUT2D eigenvalue weighted by atomic mass is 19.3. The molecule has 20 heavy (non-hydrogen) atoms. The summed E-state index contributed by atoms with van der Waals surface area (Å²) in [6, 6.07) is 5.14. The van der Waals surface area contributed by atoms with Crippen molar-refractivity contribution in [3.63, 3.8) is 0 Å². The summed E-state index contributed by atoms with van der Waals surface area (Å²) in [5.41, 5.74) is 0.838. The first-order valence-corrected chi connectivity index (χ1v) is 6.49. The standard InChI is InChI=1S/C14H21F2NO3/c1-4-19-9-10(2)17-8-11-5-6-12(18-3)13(7-11)20-14(15)16/h5-7,10,14,17H,4,8-9H2,1-3H3. The largest absolute Gasteiger partial charge is 0.493 e.